The summed E-state index contributed by atoms with van der Waals surface area (Å²) in [5.74, 6) is -0.621. The van der Waals surface area contributed by atoms with Crippen LogP contribution in [0.5, 0.6) is 5.75 Å². The van der Waals surface area contributed by atoms with Gasteiger partial charge in [-0.15, -0.1) is 0 Å². The highest BCUT2D eigenvalue weighted by Crippen LogP contribution is 2.20. The first-order valence-electron chi connectivity index (χ1n) is 7.03. The van der Waals surface area contributed by atoms with Crippen LogP contribution in [0.1, 0.15) is 32.8 Å². The predicted molar refractivity (Wildman–Crippen MR) is 80.3 cm³/mol. The third kappa shape index (κ3) is 4.77. The van der Waals surface area contributed by atoms with Crippen molar-refractivity contribution in [3.63, 3.8) is 0 Å². The van der Waals surface area contributed by atoms with E-state index in [1.165, 1.54) is 0 Å². The molecule has 2 unspecified atom stereocenters. The van der Waals surface area contributed by atoms with Gasteiger partial charge < -0.3 is 15.2 Å². The third-order valence-electron chi connectivity index (χ3n) is 3.62. The summed E-state index contributed by atoms with van der Waals surface area (Å²) in [6, 6.07) is 7.42. The molecule has 1 rings (SSSR count). The van der Waals surface area contributed by atoms with E-state index in [0.717, 1.165) is 5.56 Å². The van der Waals surface area contributed by atoms with Gasteiger partial charge in [-0.25, -0.2) is 0 Å². The molecule has 21 heavy (non-hydrogen) atoms. The SMILES string of the molecule is CCC(C)(CNC(=O)C(C)Oc1cccc(C)c1)C(=O)O. The van der Waals surface area contributed by atoms with Gasteiger partial charge in [0.2, 0.25) is 0 Å². The molecule has 2 atom stereocenters. The number of carboxylic acids is 1. The standard InChI is InChI=1S/C16H23NO4/c1-5-16(4,15(19)20)10-17-14(18)12(3)21-13-8-6-7-11(2)9-13/h6-9,12H,5,10H2,1-4H3,(H,17,18)(H,19,20). The molecule has 0 fully saturated rings. The van der Waals surface area contributed by atoms with Gasteiger partial charge in [0.1, 0.15) is 5.75 Å². The fourth-order valence-electron chi connectivity index (χ4n) is 1.72. The van der Waals surface area contributed by atoms with Crippen LogP contribution in [0.15, 0.2) is 24.3 Å². The molecule has 0 aliphatic carbocycles. The first-order chi connectivity index (χ1) is 9.78. The lowest BCUT2D eigenvalue weighted by molar-refractivity contribution is -0.148. The molecule has 0 bridgehead atoms. The second kappa shape index (κ2) is 7.11. The van der Waals surface area contributed by atoms with Gasteiger partial charge in [-0.3, -0.25) is 9.59 Å². The molecule has 0 spiro atoms. The Labute approximate surface area is 125 Å². The van der Waals surface area contributed by atoms with Crippen molar-refractivity contribution < 1.29 is 19.4 Å². The number of nitrogens with one attached hydrogen (secondary N) is 1. The van der Waals surface area contributed by atoms with E-state index in [1.807, 2.05) is 25.1 Å². The van der Waals surface area contributed by atoms with Crippen molar-refractivity contribution in [2.45, 2.75) is 40.2 Å². The molecule has 0 heterocycles. The molecule has 0 radical (unpaired) electrons. The maximum absolute atomic E-state index is 12.0. The van der Waals surface area contributed by atoms with Crippen molar-refractivity contribution in [3.05, 3.63) is 29.8 Å². The third-order valence-corrected chi connectivity index (χ3v) is 3.62. The summed E-state index contributed by atoms with van der Waals surface area (Å²) >= 11 is 0. The van der Waals surface area contributed by atoms with Gasteiger partial charge in [0.05, 0.1) is 5.41 Å². The number of hydrogen-bond acceptors (Lipinski definition) is 3. The Morgan fingerprint density at radius 3 is 2.62 bits per heavy atom. The average molecular weight is 293 g/mol. The first-order valence-corrected chi connectivity index (χ1v) is 7.03. The molecule has 1 aromatic carbocycles. The van der Waals surface area contributed by atoms with Gasteiger partial charge in [0, 0.05) is 6.54 Å². The van der Waals surface area contributed by atoms with E-state index in [2.05, 4.69) is 5.32 Å². The van der Waals surface area contributed by atoms with Gasteiger partial charge in [0.15, 0.2) is 6.10 Å². The fourth-order valence-corrected chi connectivity index (χ4v) is 1.72. The molecule has 116 valence electrons. The minimum Gasteiger partial charge on any atom is -0.481 e. The highest BCUT2D eigenvalue weighted by molar-refractivity contribution is 5.82. The summed E-state index contributed by atoms with van der Waals surface area (Å²) in [6.45, 7) is 7.06. The van der Waals surface area contributed by atoms with Crippen LogP contribution in [-0.2, 0) is 9.59 Å². The number of carbonyl (C=O) groups is 2. The van der Waals surface area contributed by atoms with Crippen LogP contribution in [0.3, 0.4) is 0 Å². The van der Waals surface area contributed by atoms with Crippen molar-refractivity contribution in [2.24, 2.45) is 5.41 Å². The van der Waals surface area contributed by atoms with Crippen molar-refractivity contribution in [3.8, 4) is 5.75 Å². The van der Waals surface area contributed by atoms with E-state index in [1.54, 1.807) is 26.8 Å². The molecule has 1 aromatic rings. The highest BCUT2D eigenvalue weighted by Gasteiger charge is 2.32. The summed E-state index contributed by atoms with van der Waals surface area (Å²) in [4.78, 5) is 23.2. The molecular weight excluding hydrogens is 270 g/mol. The lowest BCUT2D eigenvalue weighted by atomic mass is 9.87. The van der Waals surface area contributed by atoms with Crippen molar-refractivity contribution in [1.29, 1.82) is 0 Å². The number of aliphatic carboxylic acids is 1. The smallest absolute Gasteiger partial charge is 0.311 e. The van der Waals surface area contributed by atoms with Gasteiger partial charge >= 0.3 is 5.97 Å². The van der Waals surface area contributed by atoms with Crippen LogP contribution in [0.25, 0.3) is 0 Å². The van der Waals surface area contributed by atoms with E-state index >= 15 is 0 Å². The number of carboxylic acid groups (broad SMARTS) is 1. The second-order valence-electron chi connectivity index (χ2n) is 5.51. The Morgan fingerprint density at radius 2 is 2.10 bits per heavy atom. The van der Waals surface area contributed by atoms with Gasteiger partial charge in [-0.2, -0.15) is 0 Å². The predicted octanol–water partition coefficient (Wildman–Crippen LogP) is 2.38. The maximum atomic E-state index is 12.0. The molecule has 0 saturated heterocycles. The number of amides is 1. The minimum absolute atomic E-state index is 0.0825. The van der Waals surface area contributed by atoms with Crippen LogP contribution in [-0.4, -0.2) is 29.6 Å². The first kappa shape index (κ1) is 17.0. The van der Waals surface area contributed by atoms with Gasteiger partial charge in [-0.05, 0) is 44.9 Å². The van der Waals surface area contributed by atoms with E-state index in [-0.39, 0.29) is 12.5 Å². The topological polar surface area (TPSA) is 75.6 Å². The van der Waals surface area contributed by atoms with Crippen LogP contribution < -0.4 is 10.1 Å². The number of aryl methyl sites for hydroxylation is 1. The van der Waals surface area contributed by atoms with Crippen LogP contribution in [0, 0.1) is 12.3 Å². The number of rotatable bonds is 7. The lowest BCUT2D eigenvalue weighted by Gasteiger charge is -2.24. The van der Waals surface area contributed by atoms with Crippen molar-refractivity contribution in [1.82, 2.24) is 5.32 Å². The molecule has 0 saturated carbocycles. The zero-order valence-electron chi connectivity index (χ0n) is 13.0. The Kier molecular flexibility index (Phi) is 5.76. The van der Waals surface area contributed by atoms with E-state index in [9.17, 15) is 9.59 Å². The number of benzene rings is 1. The Morgan fingerprint density at radius 1 is 1.43 bits per heavy atom. The largest absolute Gasteiger partial charge is 0.481 e. The van der Waals surface area contributed by atoms with E-state index in [4.69, 9.17) is 9.84 Å². The normalized spacial score (nSPS) is 14.9. The van der Waals surface area contributed by atoms with E-state index in [0.29, 0.717) is 12.2 Å². The Bertz CT molecular complexity index is 515. The quantitative estimate of drug-likeness (QED) is 0.809. The van der Waals surface area contributed by atoms with Gasteiger partial charge in [0.25, 0.3) is 5.91 Å². The maximum Gasteiger partial charge on any atom is 0.311 e. The van der Waals surface area contributed by atoms with Crippen molar-refractivity contribution in [2.75, 3.05) is 6.54 Å². The summed E-state index contributed by atoms with van der Waals surface area (Å²) in [5, 5.41) is 11.8. The zero-order valence-corrected chi connectivity index (χ0v) is 13.0. The zero-order chi connectivity index (χ0) is 16.0. The monoisotopic (exact) mass is 293 g/mol. The molecular formula is C16H23NO4. The molecule has 0 aromatic heterocycles. The summed E-state index contributed by atoms with van der Waals surface area (Å²) < 4.78 is 5.56. The number of ether oxygens (including phenoxy) is 1. The average Bonchev–Trinajstić information content (AvgIpc) is 2.44. The molecule has 5 nitrogen and oxygen atoms in total. The summed E-state index contributed by atoms with van der Waals surface area (Å²) in [6.07, 6.45) is -0.239. The summed E-state index contributed by atoms with van der Waals surface area (Å²) in [5.41, 5.74) is 0.0863. The molecule has 0 aliphatic rings. The summed E-state index contributed by atoms with van der Waals surface area (Å²) in [7, 11) is 0. The number of hydrogen-bond donors (Lipinski definition) is 2. The molecule has 0 aliphatic heterocycles. The fraction of sp³-hybridized carbons (Fsp3) is 0.500. The van der Waals surface area contributed by atoms with Crippen LogP contribution >= 0.6 is 0 Å². The van der Waals surface area contributed by atoms with Crippen molar-refractivity contribution >= 4 is 11.9 Å². The molecule has 2 N–H and O–H groups in total. The molecule has 5 heteroatoms. The lowest BCUT2D eigenvalue weighted by Crippen LogP contribution is -2.44. The van der Waals surface area contributed by atoms with E-state index < -0.39 is 17.5 Å². The second-order valence-corrected chi connectivity index (χ2v) is 5.51. The van der Waals surface area contributed by atoms with Crippen LogP contribution in [0.4, 0.5) is 0 Å². The van der Waals surface area contributed by atoms with Crippen LogP contribution in [0.2, 0.25) is 0 Å². The molecule has 1 amide bonds. The Hall–Kier alpha value is -2.04. The minimum atomic E-state index is -0.960. The Balaban J connectivity index is 2.57. The highest BCUT2D eigenvalue weighted by atomic mass is 16.5. The number of carbonyl (C=O) groups excluding carboxylic acids is 1. The van der Waals surface area contributed by atoms with Gasteiger partial charge in [-0.1, -0.05) is 19.1 Å².